The van der Waals surface area contributed by atoms with Crippen LogP contribution in [0.15, 0.2) is 4.47 Å². The quantitative estimate of drug-likeness (QED) is 0.520. The van der Waals surface area contributed by atoms with Gasteiger partial charge in [-0.15, -0.1) is 4.47 Å². The van der Waals surface area contributed by atoms with Crippen LogP contribution < -0.4 is 5.43 Å². The minimum atomic E-state index is -0.960. The number of hydrogen-bond acceptors (Lipinski definition) is 3. The van der Waals surface area contributed by atoms with Crippen LogP contribution in [0.4, 0.5) is 0 Å². The minimum Gasteiger partial charge on any atom is -0.480 e. The number of nitrogens with one attached hydrogen (secondary N) is 1. The van der Waals surface area contributed by atoms with E-state index in [1.165, 1.54) is 6.92 Å². The van der Waals surface area contributed by atoms with Crippen LogP contribution in [0.2, 0.25) is 0 Å². The maximum atomic E-state index is 9.92. The Bertz CT molecular complexity index is 105. The highest BCUT2D eigenvalue weighted by molar-refractivity contribution is 7.47. The summed E-state index contributed by atoms with van der Waals surface area (Å²) in [5, 5.41) is 8.14. The van der Waals surface area contributed by atoms with Crippen molar-refractivity contribution in [2.24, 2.45) is 4.47 Å². The van der Waals surface area contributed by atoms with Crippen molar-refractivity contribution in [1.29, 1.82) is 0 Å². The lowest BCUT2D eigenvalue weighted by atomic mass is 10.4. The van der Waals surface area contributed by atoms with Crippen LogP contribution in [0.3, 0.4) is 0 Å². The van der Waals surface area contributed by atoms with Crippen molar-refractivity contribution in [3.05, 3.63) is 0 Å². The predicted octanol–water partition coefficient (Wildman–Crippen LogP) is -0.305. The standard InChI is InChI=1S/C3H6N2O2S/c1-2(3(6)7)4-5-8/h2H,1H3,(H,4,8)(H,6,7). The number of carboxylic acid groups (broad SMARTS) is 1. The van der Waals surface area contributed by atoms with Gasteiger partial charge in [-0.25, -0.2) is 4.79 Å². The molecule has 0 aliphatic carbocycles. The fraction of sp³-hybridized carbons (Fsp3) is 0.667. The third kappa shape index (κ3) is 2.46. The Balaban J connectivity index is 3.46. The Labute approximate surface area is 52.0 Å². The van der Waals surface area contributed by atoms with Crippen LogP contribution in [0.1, 0.15) is 6.92 Å². The summed E-state index contributed by atoms with van der Waals surface area (Å²) in [6, 6.07) is -0.688. The van der Waals surface area contributed by atoms with Crippen molar-refractivity contribution in [1.82, 2.24) is 5.43 Å². The fourth-order valence-corrected chi connectivity index (χ4v) is 0.292. The first-order chi connectivity index (χ1) is 3.68. The van der Waals surface area contributed by atoms with Crippen molar-refractivity contribution >= 4 is 18.4 Å². The first-order valence-electron chi connectivity index (χ1n) is 1.99. The van der Waals surface area contributed by atoms with Gasteiger partial charge in [0.1, 0.15) is 6.04 Å². The molecule has 0 amide bonds. The van der Waals surface area contributed by atoms with Crippen LogP contribution in [-0.4, -0.2) is 17.1 Å². The van der Waals surface area contributed by atoms with Crippen LogP contribution in [0.5, 0.6) is 0 Å². The lowest BCUT2D eigenvalue weighted by Gasteiger charge is -2.00. The Morgan fingerprint density at radius 3 is 2.62 bits per heavy atom. The van der Waals surface area contributed by atoms with E-state index in [0.717, 1.165) is 0 Å². The summed E-state index contributed by atoms with van der Waals surface area (Å²) in [5.41, 5.74) is 2.19. The number of rotatable bonds is 3. The number of nitrogens with zero attached hydrogens (tertiary/aromatic N) is 1. The molecule has 0 aromatic rings. The molecule has 0 fully saturated rings. The number of aliphatic carboxylic acids is 1. The Kier molecular flexibility index (Phi) is 3.02. The van der Waals surface area contributed by atoms with E-state index >= 15 is 0 Å². The zero-order chi connectivity index (χ0) is 6.57. The van der Waals surface area contributed by atoms with Crippen LogP contribution in [0.25, 0.3) is 0 Å². The summed E-state index contributed by atoms with van der Waals surface area (Å²) in [7, 11) is 0. The van der Waals surface area contributed by atoms with Crippen molar-refractivity contribution in [3.8, 4) is 0 Å². The largest absolute Gasteiger partial charge is 0.480 e. The summed E-state index contributed by atoms with van der Waals surface area (Å²) >= 11 is 4.10. The predicted molar refractivity (Wildman–Crippen MR) is 30.0 cm³/mol. The lowest BCUT2D eigenvalue weighted by Crippen LogP contribution is -2.28. The van der Waals surface area contributed by atoms with Gasteiger partial charge in [-0.1, -0.05) is 0 Å². The number of hydrogen-bond donors (Lipinski definition) is 2. The maximum absolute atomic E-state index is 9.92. The van der Waals surface area contributed by atoms with Gasteiger partial charge < -0.3 is 5.11 Å². The molecule has 0 bridgehead atoms. The highest BCUT2D eigenvalue weighted by atomic mass is 32.1. The van der Waals surface area contributed by atoms with Crippen LogP contribution >= 0.6 is 0 Å². The van der Waals surface area contributed by atoms with Gasteiger partial charge in [0.05, 0.1) is 12.4 Å². The molecule has 8 heavy (non-hydrogen) atoms. The molecule has 0 spiro atoms. The molecular formula is C3H6N2O2S. The molecule has 0 aromatic heterocycles. The molecule has 1 atom stereocenters. The maximum Gasteiger partial charge on any atom is 0.327 e. The molecule has 4 nitrogen and oxygen atoms in total. The second kappa shape index (κ2) is 3.31. The molecule has 0 rings (SSSR count). The summed E-state index contributed by atoms with van der Waals surface area (Å²) < 4.78 is 3.01. The fourth-order valence-electron chi connectivity index (χ4n) is 0.134. The van der Waals surface area contributed by atoms with Gasteiger partial charge in [0.2, 0.25) is 0 Å². The zero-order valence-electron chi connectivity index (χ0n) is 4.29. The summed E-state index contributed by atoms with van der Waals surface area (Å²) in [4.78, 5) is 9.92. The zero-order valence-corrected chi connectivity index (χ0v) is 5.10. The SMILES string of the molecule is CC(NN=S)C(=O)O. The Morgan fingerprint density at radius 2 is 2.50 bits per heavy atom. The van der Waals surface area contributed by atoms with E-state index in [0.29, 0.717) is 0 Å². The summed E-state index contributed by atoms with van der Waals surface area (Å²) in [5.74, 6) is -0.960. The van der Waals surface area contributed by atoms with Crippen LogP contribution in [0, 0.1) is 0 Å². The van der Waals surface area contributed by atoms with E-state index in [4.69, 9.17) is 5.11 Å². The van der Waals surface area contributed by atoms with Crippen molar-refractivity contribution in [2.75, 3.05) is 0 Å². The second-order valence-corrected chi connectivity index (χ2v) is 1.46. The molecule has 0 saturated carbocycles. The van der Waals surface area contributed by atoms with Crippen molar-refractivity contribution in [3.63, 3.8) is 0 Å². The van der Waals surface area contributed by atoms with E-state index in [9.17, 15) is 4.79 Å². The van der Waals surface area contributed by atoms with Gasteiger partial charge in [-0.2, -0.15) is 0 Å². The van der Waals surface area contributed by atoms with Crippen LogP contribution in [-0.2, 0) is 17.2 Å². The molecule has 1 unspecified atom stereocenters. The molecule has 46 valence electrons. The first kappa shape index (κ1) is 7.29. The van der Waals surface area contributed by atoms with E-state index in [-0.39, 0.29) is 0 Å². The minimum absolute atomic E-state index is 0.688. The second-order valence-electron chi connectivity index (χ2n) is 1.28. The average Bonchev–Trinajstić information content (AvgIpc) is 1.67. The number of carbonyl (C=O) groups is 1. The van der Waals surface area contributed by atoms with Crippen molar-refractivity contribution < 1.29 is 9.90 Å². The molecule has 5 heteroatoms. The third-order valence-electron chi connectivity index (χ3n) is 0.617. The Morgan fingerprint density at radius 1 is 2.00 bits per heavy atom. The van der Waals surface area contributed by atoms with Gasteiger partial charge in [0.15, 0.2) is 0 Å². The normalized spacial score (nSPS) is 12.1. The summed E-state index contributed by atoms with van der Waals surface area (Å²) in [6.45, 7) is 1.46. The molecule has 0 aliphatic rings. The molecule has 0 radical (unpaired) electrons. The third-order valence-corrected chi connectivity index (χ3v) is 0.722. The molecular weight excluding hydrogens is 128 g/mol. The molecule has 0 saturated heterocycles. The van der Waals surface area contributed by atoms with E-state index in [2.05, 4.69) is 22.3 Å². The van der Waals surface area contributed by atoms with Gasteiger partial charge in [-0.05, 0) is 6.92 Å². The van der Waals surface area contributed by atoms with E-state index < -0.39 is 12.0 Å². The average molecular weight is 134 g/mol. The molecule has 0 aromatic carbocycles. The molecule has 2 N–H and O–H groups in total. The number of carboxylic acids is 1. The highest BCUT2D eigenvalue weighted by Crippen LogP contribution is 1.77. The van der Waals surface area contributed by atoms with Gasteiger partial charge in [0, 0.05) is 0 Å². The van der Waals surface area contributed by atoms with Crippen molar-refractivity contribution in [2.45, 2.75) is 13.0 Å². The summed E-state index contributed by atoms with van der Waals surface area (Å²) in [6.07, 6.45) is 0. The lowest BCUT2D eigenvalue weighted by molar-refractivity contribution is -0.138. The molecule has 0 heterocycles. The smallest absolute Gasteiger partial charge is 0.327 e. The van der Waals surface area contributed by atoms with Gasteiger partial charge >= 0.3 is 5.97 Å². The van der Waals surface area contributed by atoms with E-state index in [1.54, 1.807) is 0 Å². The topological polar surface area (TPSA) is 61.7 Å². The monoisotopic (exact) mass is 134 g/mol. The highest BCUT2D eigenvalue weighted by Gasteiger charge is 2.06. The first-order valence-corrected chi connectivity index (χ1v) is 2.35. The van der Waals surface area contributed by atoms with Gasteiger partial charge in [0.25, 0.3) is 0 Å². The van der Waals surface area contributed by atoms with E-state index in [1.807, 2.05) is 0 Å². The van der Waals surface area contributed by atoms with Gasteiger partial charge in [-0.3, -0.25) is 5.43 Å². The Hall–Kier alpha value is -0.710. The molecule has 0 aliphatic heterocycles.